The minimum absolute atomic E-state index is 0.0367. The van der Waals surface area contributed by atoms with Crippen LogP contribution in [0, 0.1) is 0 Å². The number of hydrogen-bond acceptors (Lipinski definition) is 6. The van der Waals surface area contributed by atoms with Crippen molar-refractivity contribution in [2.24, 2.45) is 0 Å². The highest BCUT2D eigenvalue weighted by Gasteiger charge is 2.27. The molecule has 1 saturated heterocycles. The summed E-state index contributed by atoms with van der Waals surface area (Å²) in [5, 5.41) is 0. The normalized spacial score (nSPS) is 19.0. The van der Waals surface area contributed by atoms with E-state index in [9.17, 15) is 8.42 Å². The number of hydrogen-bond donors (Lipinski definition) is 1. The molecule has 0 spiro atoms. The molecule has 0 bridgehead atoms. The summed E-state index contributed by atoms with van der Waals surface area (Å²) in [6, 6.07) is 9.62. The van der Waals surface area contributed by atoms with Gasteiger partial charge < -0.3 is 9.64 Å². The van der Waals surface area contributed by atoms with Crippen molar-refractivity contribution in [1.29, 1.82) is 0 Å². The van der Waals surface area contributed by atoms with Gasteiger partial charge in [0.15, 0.2) is 0 Å². The molecule has 0 amide bonds. The lowest BCUT2D eigenvalue weighted by Crippen LogP contribution is -2.43. The van der Waals surface area contributed by atoms with Crippen molar-refractivity contribution in [1.82, 2.24) is 9.62 Å². The van der Waals surface area contributed by atoms with E-state index in [0.29, 0.717) is 24.1 Å². The third kappa shape index (κ3) is 4.22. The number of anilines is 1. The summed E-state index contributed by atoms with van der Waals surface area (Å²) in [6.45, 7) is 4.23. The van der Waals surface area contributed by atoms with E-state index < -0.39 is 10.0 Å². The molecule has 1 aromatic carbocycles. The topological polar surface area (TPSA) is 61.9 Å². The van der Waals surface area contributed by atoms with Crippen LogP contribution in [0.15, 0.2) is 34.5 Å². The quantitative estimate of drug-likeness (QED) is 0.746. The summed E-state index contributed by atoms with van der Waals surface area (Å²) in [7, 11) is -1.48. The van der Waals surface area contributed by atoms with Crippen LogP contribution < -0.4 is 9.62 Å². The fraction of sp³-hybridized carbons (Fsp3) is 0.474. The molecule has 152 valence electrons. The fourth-order valence-electron chi connectivity index (χ4n) is 3.84. The van der Waals surface area contributed by atoms with E-state index in [-0.39, 0.29) is 10.3 Å². The third-order valence-corrected chi connectivity index (χ3v) is 8.53. The number of ether oxygens (including phenoxy) is 1. The third-order valence-electron chi connectivity index (χ3n) is 5.38. The maximum atomic E-state index is 12.7. The molecule has 0 radical (unpaired) electrons. The standard InChI is InChI=1S/C19H24ClN3O3S2/c1-22-7-6-15-12-14(2-3-16(15)22)17(23-8-10-26-11-9-23)13-21-28(24,25)19-5-4-18(20)27-19/h2-5,12,17,21H,6-11,13H2,1H3/t17-/m0/s1. The maximum Gasteiger partial charge on any atom is 0.250 e. The van der Waals surface area contributed by atoms with Crippen molar-refractivity contribution in [3.8, 4) is 0 Å². The van der Waals surface area contributed by atoms with Gasteiger partial charge in [-0.1, -0.05) is 23.7 Å². The van der Waals surface area contributed by atoms with Crippen LogP contribution in [0.1, 0.15) is 17.2 Å². The monoisotopic (exact) mass is 441 g/mol. The molecule has 3 heterocycles. The van der Waals surface area contributed by atoms with Crippen LogP contribution in [0.5, 0.6) is 0 Å². The zero-order valence-corrected chi connectivity index (χ0v) is 18.1. The van der Waals surface area contributed by atoms with Crippen LogP contribution in [0.4, 0.5) is 5.69 Å². The number of nitrogens with one attached hydrogen (secondary N) is 1. The molecule has 2 aliphatic rings. The number of fused-ring (bicyclic) bond motifs is 1. The van der Waals surface area contributed by atoms with Crippen molar-refractivity contribution in [3.05, 3.63) is 45.8 Å². The number of halogens is 1. The summed E-state index contributed by atoms with van der Waals surface area (Å²) < 4.78 is 34.4. The molecule has 1 fully saturated rings. The Labute approximate surface area is 175 Å². The van der Waals surface area contributed by atoms with Crippen molar-refractivity contribution in [3.63, 3.8) is 0 Å². The molecule has 28 heavy (non-hydrogen) atoms. The Hall–Kier alpha value is -1.16. The van der Waals surface area contributed by atoms with Gasteiger partial charge in [-0.25, -0.2) is 13.1 Å². The van der Waals surface area contributed by atoms with E-state index >= 15 is 0 Å². The molecule has 2 aliphatic heterocycles. The first-order chi connectivity index (χ1) is 13.4. The minimum Gasteiger partial charge on any atom is -0.379 e. The van der Waals surface area contributed by atoms with Gasteiger partial charge in [-0.05, 0) is 35.7 Å². The minimum atomic E-state index is -3.58. The van der Waals surface area contributed by atoms with E-state index in [0.717, 1.165) is 43.0 Å². The Balaban J connectivity index is 1.57. The fourth-order valence-corrected chi connectivity index (χ4v) is 6.41. The molecule has 1 N–H and O–H groups in total. The molecular formula is C19H24ClN3O3S2. The zero-order chi connectivity index (χ0) is 19.7. The summed E-state index contributed by atoms with van der Waals surface area (Å²) in [4.78, 5) is 4.56. The predicted molar refractivity (Wildman–Crippen MR) is 113 cm³/mol. The molecule has 0 aliphatic carbocycles. The van der Waals surface area contributed by atoms with Crippen LogP contribution in [0.3, 0.4) is 0 Å². The zero-order valence-electron chi connectivity index (χ0n) is 15.7. The lowest BCUT2D eigenvalue weighted by atomic mass is 10.0. The second-order valence-corrected chi connectivity index (χ2v) is 10.8. The average molecular weight is 442 g/mol. The largest absolute Gasteiger partial charge is 0.379 e. The van der Waals surface area contributed by atoms with Gasteiger partial charge in [-0.3, -0.25) is 4.90 Å². The van der Waals surface area contributed by atoms with Crippen molar-refractivity contribution >= 4 is 38.6 Å². The predicted octanol–water partition coefficient (Wildman–Crippen LogP) is 2.75. The van der Waals surface area contributed by atoms with E-state index in [1.54, 1.807) is 12.1 Å². The molecular weight excluding hydrogens is 418 g/mol. The lowest BCUT2D eigenvalue weighted by molar-refractivity contribution is 0.0172. The van der Waals surface area contributed by atoms with Crippen molar-refractivity contribution in [2.45, 2.75) is 16.7 Å². The van der Waals surface area contributed by atoms with Crippen LogP contribution in [-0.4, -0.2) is 59.8 Å². The van der Waals surface area contributed by atoms with E-state index in [2.05, 4.69) is 39.8 Å². The lowest BCUT2D eigenvalue weighted by Gasteiger charge is -2.35. The van der Waals surface area contributed by atoms with E-state index in [4.69, 9.17) is 16.3 Å². The van der Waals surface area contributed by atoms with E-state index in [1.165, 1.54) is 11.3 Å². The van der Waals surface area contributed by atoms with E-state index in [1.807, 2.05) is 0 Å². The number of benzene rings is 1. The number of sulfonamides is 1. The molecule has 0 unspecified atom stereocenters. The number of morpholine rings is 1. The molecule has 9 heteroatoms. The number of likely N-dealkylation sites (N-methyl/N-ethyl adjacent to an activating group) is 1. The number of nitrogens with zero attached hydrogens (tertiary/aromatic N) is 2. The molecule has 4 rings (SSSR count). The van der Waals surface area contributed by atoms with Gasteiger partial charge in [0.2, 0.25) is 10.0 Å². The second-order valence-electron chi connectivity index (χ2n) is 7.13. The van der Waals surface area contributed by atoms with Gasteiger partial charge in [0.05, 0.1) is 17.6 Å². The first kappa shape index (κ1) is 20.1. The summed E-state index contributed by atoms with van der Waals surface area (Å²) in [5.74, 6) is 0. The van der Waals surface area contributed by atoms with Gasteiger partial charge >= 0.3 is 0 Å². The molecule has 0 saturated carbocycles. The maximum absolute atomic E-state index is 12.7. The Morgan fingerprint density at radius 1 is 1.21 bits per heavy atom. The molecule has 2 aromatic rings. The summed E-state index contributed by atoms with van der Waals surface area (Å²) in [5.41, 5.74) is 3.73. The van der Waals surface area contributed by atoms with Gasteiger partial charge in [-0.15, -0.1) is 11.3 Å². The van der Waals surface area contributed by atoms with Gasteiger partial charge in [0.25, 0.3) is 0 Å². The Kier molecular flexibility index (Phi) is 5.96. The summed E-state index contributed by atoms with van der Waals surface area (Å²) in [6.07, 6.45) is 1.02. The van der Waals surface area contributed by atoms with Crippen LogP contribution in [0.25, 0.3) is 0 Å². The summed E-state index contributed by atoms with van der Waals surface area (Å²) >= 11 is 6.98. The van der Waals surface area contributed by atoms with Gasteiger partial charge in [0, 0.05) is 45.0 Å². The highest BCUT2D eigenvalue weighted by atomic mass is 35.5. The molecule has 1 atom stereocenters. The second kappa shape index (κ2) is 8.30. The smallest absolute Gasteiger partial charge is 0.250 e. The highest BCUT2D eigenvalue weighted by Crippen LogP contribution is 2.32. The Morgan fingerprint density at radius 3 is 2.71 bits per heavy atom. The van der Waals surface area contributed by atoms with Crippen LogP contribution in [0.2, 0.25) is 4.34 Å². The van der Waals surface area contributed by atoms with Crippen molar-refractivity contribution in [2.75, 3.05) is 51.3 Å². The Morgan fingerprint density at radius 2 is 2.00 bits per heavy atom. The Bertz CT molecular complexity index is 942. The van der Waals surface area contributed by atoms with Gasteiger partial charge in [0.1, 0.15) is 4.21 Å². The highest BCUT2D eigenvalue weighted by molar-refractivity contribution is 7.91. The average Bonchev–Trinajstić information content (AvgIpc) is 3.29. The number of thiophene rings is 1. The van der Waals surface area contributed by atoms with Crippen LogP contribution in [-0.2, 0) is 21.2 Å². The van der Waals surface area contributed by atoms with Gasteiger partial charge in [-0.2, -0.15) is 0 Å². The SMILES string of the molecule is CN1CCc2cc([C@H](CNS(=O)(=O)c3ccc(Cl)s3)N3CCOCC3)ccc21. The number of rotatable bonds is 6. The van der Waals surface area contributed by atoms with Crippen molar-refractivity contribution < 1.29 is 13.2 Å². The molecule has 1 aromatic heterocycles. The first-order valence-electron chi connectivity index (χ1n) is 9.35. The van der Waals surface area contributed by atoms with Crippen LogP contribution >= 0.6 is 22.9 Å². The first-order valence-corrected chi connectivity index (χ1v) is 12.0. The molecule has 6 nitrogen and oxygen atoms in total.